The van der Waals surface area contributed by atoms with Crippen molar-refractivity contribution in [2.45, 2.75) is 32.9 Å². The van der Waals surface area contributed by atoms with Gasteiger partial charge in [0.15, 0.2) is 0 Å². The van der Waals surface area contributed by atoms with Crippen LogP contribution in [0.4, 0.5) is 8.78 Å². The van der Waals surface area contributed by atoms with Crippen molar-refractivity contribution in [1.82, 2.24) is 10.6 Å². The van der Waals surface area contributed by atoms with Crippen LogP contribution in [0.15, 0.2) is 36.4 Å². The van der Waals surface area contributed by atoms with E-state index in [2.05, 4.69) is 15.4 Å². The fourth-order valence-electron chi connectivity index (χ4n) is 3.30. The van der Waals surface area contributed by atoms with E-state index in [0.29, 0.717) is 29.6 Å². The van der Waals surface area contributed by atoms with Gasteiger partial charge in [0.05, 0.1) is 12.7 Å². The number of esters is 2. The van der Waals surface area contributed by atoms with Crippen LogP contribution >= 0.6 is 23.5 Å². The minimum absolute atomic E-state index is 0.00291. The molecule has 214 valence electrons. The van der Waals surface area contributed by atoms with Gasteiger partial charge in [0.1, 0.15) is 29.5 Å². The molecule has 0 saturated carbocycles. The van der Waals surface area contributed by atoms with Crippen LogP contribution in [0.3, 0.4) is 0 Å². The van der Waals surface area contributed by atoms with E-state index in [9.17, 15) is 37.5 Å². The molecule has 0 saturated heterocycles. The number of ether oxygens (including phenoxy) is 2. The van der Waals surface area contributed by atoms with E-state index in [1.54, 1.807) is 0 Å². The van der Waals surface area contributed by atoms with E-state index in [4.69, 9.17) is 4.74 Å². The average Bonchev–Trinajstić information content (AvgIpc) is 2.87. The van der Waals surface area contributed by atoms with Crippen molar-refractivity contribution in [2.75, 3.05) is 18.6 Å². The fraction of sp³-hybridized carbons (Fsp3) is 0.308. The van der Waals surface area contributed by atoms with Crippen molar-refractivity contribution >= 4 is 57.5 Å². The normalized spacial score (nSPS) is 12.1. The Morgan fingerprint density at radius 2 is 1.48 bits per heavy atom. The summed E-state index contributed by atoms with van der Waals surface area (Å²) in [5.41, 5.74) is 0.0746. The number of thioether (sulfide) groups is 2. The Hall–Kier alpha value is -3.78. The summed E-state index contributed by atoms with van der Waals surface area (Å²) in [7, 11) is 1.12. The number of methoxy groups -OCH3 is 1. The van der Waals surface area contributed by atoms with Crippen LogP contribution in [-0.4, -0.2) is 64.7 Å². The van der Waals surface area contributed by atoms with Gasteiger partial charge in [-0.25, -0.2) is 13.6 Å². The molecule has 0 aliphatic heterocycles. The molecule has 14 heteroatoms. The van der Waals surface area contributed by atoms with Gasteiger partial charge in [-0.05, 0) is 29.8 Å². The Kier molecular flexibility index (Phi) is 12.3. The van der Waals surface area contributed by atoms with Gasteiger partial charge < -0.3 is 20.1 Å². The van der Waals surface area contributed by atoms with Gasteiger partial charge in [-0.1, -0.05) is 29.6 Å². The number of hydrogen-bond acceptors (Lipinski definition) is 10. The highest BCUT2D eigenvalue weighted by atomic mass is 32.2. The lowest BCUT2D eigenvalue weighted by atomic mass is 10.0. The summed E-state index contributed by atoms with van der Waals surface area (Å²) in [6, 6.07) is 4.57. The van der Waals surface area contributed by atoms with E-state index in [-0.39, 0.29) is 33.9 Å². The van der Waals surface area contributed by atoms with E-state index < -0.39 is 57.7 Å². The van der Waals surface area contributed by atoms with Gasteiger partial charge in [0.25, 0.3) is 0 Å². The van der Waals surface area contributed by atoms with Crippen molar-refractivity contribution in [3.05, 3.63) is 53.6 Å². The molecule has 0 aliphatic carbocycles. The second-order valence-corrected chi connectivity index (χ2v) is 10.2. The summed E-state index contributed by atoms with van der Waals surface area (Å²) in [5, 5.41) is 3.53. The van der Waals surface area contributed by atoms with Crippen LogP contribution in [0.2, 0.25) is 0 Å². The van der Waals surface area contributed by atoms with E-state index in [1.807, 2.05) is 0 Å². The lowest BCUT2D eigenvalue weighted by Crippen LogP contribution is -2.44. The highest BCUT2D eigenvalue weighted by Gasteiger charge is 2.27. The Morgan fingerprint density at radius 3 is 2.05 bits per heavy atom. The molecule has 40 heavy (non-hydrogen) atoms. The molecule has 0 spiro atoms. The third-order valence-corrected chi connectivity index (χ3v) is 7.04. The molecule has 2 atom stereocenters. The van der Waals surface area contributed by atoms with Crippen LogP contribution < -0.4 is 15.4 Å². The molecular formula is C26H26F2N2O8S2. The molecule has 2 aromatic rings. The zero-order chi connectivity index (χ0) is 30.0. The first-order chi connectivity index (χ1) is 18.8. The molecular weight excluding hydrogens is 570 g/mol. The molecule has 0 aromatic heterocycles. The van der Waals surface area contributed by atoms with Crippen molar-refractivity contribution in [2.24, 2.45) is 0 Å². The largest absolute Gasteiger partial charge is 0.467 e. The number of carbonyl (C=O) groups is 6. The predicted octanol–water partition coefficient (Wildman–Crippen LogP) is 2.87. The first-order valence-corrected chi connectivity index (χ1v) is 13.5. The number of halogens is 2. The minimum Gasteiger partial charge on any atom is -0.467 e. The van der Waals surface area contributed by atoms with Crippen LogP contribution in [0.1, 0.15) is 31.1 Å². The van der Waals surface area contributed by atoms with Crippen LogP contribution in [0.5, 0.6) is 5.75 Å². The summed E-state index contributed by atoms with van der Waals surface area (Å²) >= 11 is 1.27. The quantitative estimate of drug-likeness (QED) is 0.293. The van der Waals surface area contributed by atoms with Crippen molar-refractivity contribution in [3.63, 3.8) is 0 Å². The number of nitrogens with one attached hydrogen (secondary N) is 2. The van der Waals surface area contributed by atoms with Crippen LogP contribution in [0, 0.1) is 11.6 Å². The minimum atomic E-state index is -1.18. The third kappa shape index (κ3) is 9.75. The van der Waals surface area contributed by atoms with Gasteiger partial charge in [-0.2, -0.15) is 0 Å². The Bertz CT molecular complexity index is 1320. The summed E-state index contributed by atoms with van der Waals surface area (Å²) in [5.74, 6) is -4.79. The van der Waals surface area contributed by atoms with Gasteiger partial charge in [-0.3, -0.25) is 24.0 Å². The summed E-state index contributed by atoms with van der Waals surface area (Å²) in [6.07, 6.45) is 0. The second kappa shape index (κ2) is 15.1. The average molecular weight is 597 g/mol. The molecule has 2 amide bonds. The summed E-state index contributed by atoms with van der Waals surface area (Å²) < 4.78 is 37.5. The molecule has 2 N–H and O–H groups in total. The smallest absolute Gasteiger partial charge is 0.329 e. The Balaban J connectivity index is 2.26. The molecule has 2 rings (SSSR count). The Labute approximate surface area is 236 Å². The molecule has 0 unspecified atom stereocenters. The standard InChI is InChI=1S/C26H26F2N2O8S2/c1-13(31)29-21(24(34)37-4)11-40-26(36)22(30-14(2)32)12-39-25(35)19-9-16(5-8-23(19)38-15(3)33)18-7-6-17(27)10-20(18)28/h5-10,21-22H,11-12H2,1-4H3,(H,29,31)(H,30,32)/t21-,22-/m0/s1. The molecule has 0 heterocycles. The van der Waals surface area contributed by atoms with E-state index in [0.717, 1.165) is 20.1 Å². The highest BCUT2D eigenvalue weighted by molar-refractivity contribution is 8.15. The fourth-order valence-corrected chi connectivity index (χ4v) is 5.16. The lowest BCUT2D eigenvalue weighted by molar-refractivity contribution is -0.144. The van der Waals surface area contributed by atoms with Crippen LogP contribution in [-0.2, 0) is 28.7 Å². The zero-order valence-corrected chi connectivity index (χ0v) is 23.5. The SMILES string of the molecule is COC(=O)[C@H](CSC(=O)[C@H](CSC(=O)c1cc(-c2ccc(F)cc2F)ccc1OC(C)=O)NC(C)=O)NC(C)=O. The number of hydrogen-bond donors (Lipinski definition) is 2. The van der Waals surface area contributed by atoms with Gasteiger partial charge in [-0.15, -0.1) is 0 Å². The molecule has 0 radical (unpaired) electrons. The van der Waals surface area contributed by atoms with Gasteiger partial charge in [0.2, 0.25) is 22.0 Å². The lowest BCUT2D eigenvalue weighted by Gasteiger charge is -2.18. The maximum absolute atomic E-state index is 14.4. The van der Waals surface area contributed by atoms with Gasteiger partial charge >= 0.3 is 11.9 Å². The molecule has 2 aromatic carbocycles. The Morgan fingerprint density at radius 1 is 0.850 bits per heavy atom. The number of carbonyl (C=O) groups excluding carboxylic acids is 6. The topological polar surface area (TPSA) is 145 Å². The van der Waals surface area contributed by atoms with Crippen molar-refractivity contribution in [1.29, 1.82) is 0 Å². The number of amides is 2. The molecule has 0 aliphatic rings. The molecule has 10 nitrogen and oxygen atoms in total. The zero-order valence-electron chi connectivity index (χ0n) is 21.9. The van der Waals surface area contributed by atoms with Crippen molar-refractivity contribution < 1.29 is 47.0 Å². The summed E-state index contributed by atoms with van der Waals surface area (Å²) in [4.78, 5) is 72.6. The monoisotopic (exact) mass is 596 g/mol. The molecule has 0 fully saturated rings. The van der Waals surface area contributed by atoms with Crippen molar-refractivity contribution in [3.8, 4) is 16.9 Å². The highest BCUT2D eigenvalue weighted by Crippen LogP contribution is 2.32. The van der Waals surface area contributed by atoms with E-state index >= 15 is 0 Å². The maximum Gasteiger partial charge on any atom is 0.329 e. The second-order valence-electron chi connectivity index (χ2n) is 8.19. The van der Waals surface area contributed by atoms with Crippen LogP contribution in [0.25, 0.3) is 11.1 Å². The number of benzene rings is 2. The van der Waals surface area contributed by atoms with Gasteiger partial charge in [0, 0.05) is 43.9 Å². The molecule has 0 bridgehead atoms. The van der Waals surface area contributed by atoms with E-state index in [1.165, 1.54) is 38.1 Å². The first kappa shape index (κ1) is 32.4. The predicted molar refractivity (Wildman–Crippen MR) is 145 cm³/mol. The maximum atomic E-state index is 14.4. The third-order valence-electron chi connectivity index (χ3n) is 4.99. The number of rotatable bonds is 11. The first-order valence-electron chi connectivity index (χ1n) is 11.6. The summed E-state index contributed by atoms with van der Waals surface area (Å²) in [6.45, 7) is 3.49.